The Kier molecular flexibility index (Phi) is 8.60. The molecule has 0 spiro atoms. The van der Waals surface area contributed by atoms with Gasteiger partial charge in [-0.15, -0.1) is 0 Å². The van der Waals surface area contributed by atoms with Crippen LogP contribution in [0, 0.1) is 0 Å². The molecular weight excluding hydrogens is 394 g/mol. The highest BCUT2D eigenvalue weighted by Gasteiger charge is 2.44. The third kappa shape index (κ3) is 5.69. The Morgan fingerprint density at radius 1 is 1.03 bits per heavy atom. The van der Waals surface area contributed by atoms with Gasteiger partial charge in [0.25, 0.3) is 0 Å². The summed E-state index contributed by atoms with van der Waals surface area (Å²) in [4.78, 5) is 12.5. The highest BCUT2D eigenvalue weighted by molar-refractivity contribution is 5.72. The van der Waals surface area contributed by atoms with Gasteiger partial charge in [0.05, 0.1) is 6.61 Å². The van der Waals surface area contributed by atoms with Gasteiger partial charge in [-0.3, -0.25) is 5.32 Å². The average Bonchev–Trinajstić information content (AvgIpc) is 2.67. The second-order valence-electron chi connectivity index (χ2n) is 8.08. The summed E-state index contributed by atoms with van der Waals surface area (Å²) in [6.07, 6.45) is -8.76. The van der Waals surface area contributed by atoms with Crippen LogP contribution in [0.1, 0.15) is 57.6 Å². The van der Waals surface area contributed by atoms with Crippen molar-refractivity contribution in [3.8, 4) is 5.75 Å². The number of benzene rings is 1. The van der Waals surface area contributed by atoms with Gasteiger partial charge >= 0.3 is 6.09 Å². The SMILES string of the molecule is CC(NC(=O)Oc1c(C(C)C)cccc1C(C)C)OC1O[C@H](CO)[C@@H](O)[C@H](O)[C@H]1O. The highest BCUT2D eigenvalue weighted by Crippen LogP contribution is 2.34. The first-order valence-electron chi connectivity index (χ1n) is 10.1. The molecule has 30 heavy (non-hydrogen) atoms. The Bertz CT molecular complexity index is 682. The molecule has 170 valence electrons. The van der Waals surface area contributed by atoms with Crippen molar-refractivity contribution in [2.24, 2.45) is 0 Å². The summed E-state index contributed by atoms with van der Waals surface area (Å²) in [5.74, 6) is 0.795. The van der Waals surface area contributed by atoms with E-state index in [4.69, 9.17) is 14.2 Å². The van der Waals surface area contributed by atoms with Gasteiger partial charge in [0.1, 0.15) is 36.4 Å². The highest BCUT2D eigenvalue weighted by atomic mass is 16.7. The summed E-state index contributed by atoms with van der Waals surface area (Å²) in [5, 5.41) is 41.5. The molecule has 6 atom stereocenters. The van der Waals surface area contributed by atoms with Gasteiger partial charge in [0.15, 0.2) is 6.29 Å². The third-order valence-electron chi connectivity index (χ3n) is 5.02. The average molecular weight is 427 g/mol. The minimum atomic E-state index is -1.56. The second-order valence-corrected chi connectivity index (χ2v) is 8.08. The molecule has 1 amide bonds. The maximum atomic E-state index is 12.5. The molecule has 1 aliphatic rings. The third-order valence-corrected chi connectivity index (χ3v) is 5.02. The fourth-order valence-corrected chi connectivity index (χ4v) is 3.30. The van der Waals surface area contributed by atoms with Gasteiger partial charge in [-0.1, -0.05) is 45.9 Å². The van der Waals surface area contributed by atoms with Crippen molar-refractivity contribution >= 4 is 6.09 Å². The molecule has 5 N–H and O–H groups in total. The van der Waals surface area contributed by atoms with Crippen LogP contribution in [0.2, 0.25) is 0 Å². The zero-order valence-corrected chi connectivity index (χ0v) is 18.0. The van der Waals surface area contributed by atoms with E-state index in [9.17, 15) is 25.2 Å². The molecule has 9 nitrogen and oxygen atoms in total. The number of aliphatic hydroxyl groups is 4. The van der Waals surface area contributed by atoms with E-state index in [1.807, 2.05) is 45.9 Å². The van der Waals surface area contributed by atoms with E-state index in [2.05, 4.69) is 5.32 Å². The zero-order valence-electron chi connectivity index (χ0n) is 18.0. The predicted octanol–water partition coefficient (Wildman–Crippen LogP) is 1.18. The van der Waals surface area contributed by atoms with Gasteiger partial charge < -0.3 is 34.6 Å². The lowest BCUT2D eigenvalue weighted by atomic mass is 9.94. The first-order chi connectivity index (χ1) is 14.1. The van der Waals surface area contributed by atoms with Crippen molar-refractivity contribution in [3.05, 3.63) is 29.3 Å². The predicted molar refractivity (Wildman–Crippen MR) is 108 cm³/mol. The number of aliphatic hydroxyl groups excluding tert-OH is 4. The van der Waals surface area contributed by atoms with Crippen molar-refractivity contribution in [3.63, 3.8) is 0 Å². The largest absolute Gasteiger partial charge is 0.414 e. The van der Waals surface area contributed by atoms with E-state index in [1.54, 1.807) is 0 Å². The van der Waals surface area contributed by atoms with Crippen molar-refractivity contribution in [1.82, 2.24) is 5.32 Å². The quantitative estimate of drug-likeness (QED) is 0.409. The van der Waals surface area contributed by atoms with Crippen LogP contribution < -0.4 is 10.1 Å². The van der Waals surface area contributed by atoms with Gasteiger partial charge in [0.2, 0.25) is 0 Å². The summed E-state index contributed by atoms with van der Waals surface area (Å²) in [6.45, 7) is 8.97. The zero-order chi connectivity index (χ0) is 22.6. The Morgan fingerprint density at radius 2 is 1.60 bits per heavy atom. The first kappa shape index (κ1) is 24.5. The fraction of sp³-hybridized carbons (Fsp3) is 0.667. The molecule has 9 heteroatoms. The van der Waals surface area contributed by atoms with Crippen LogP contribution >= 0.6 is 0 Å². The van der Waals surface area contributed by atoms with E-state index >= 15 is 0 Å². The summed E-state index contributed by atoms with van der Waals surface area (Å²) >= 11 is 0. The monoisotopic (exact) mass is 427 g/mol. The molecule has 0 bridgehead atoms. The van der Waals surface area contributed by atoms with Crippen molar-refractivity contribution in [2.75, 3.05) is 6.61 Å². The van der Waals surface area contributed by atoms with Crippen LogP contribution in [0.3, 0.4) is 0 Å². The molecular formula is C21H33NO8. The van der Waals surface area contributed by atoms with E-state index in [1.165, 1.54) is 6.92 Å². The van der Waals surface area contributed by atoms with E-state index in [0.717, 1.165) is 11.1 Å². The number of carbonyl (C=O) groups is 1. The fourth-order valence-electron chi connectivity index (χ4n) is 3.30. The van der Waals surface area contributed by atoms with E-state index in [-0.39, 0.29) is 11.8 Å². The Hall–Kier alpha value is -1.75. The molecule has 1 aliphatic heterocycles. The summed E-state index contributed by atoms with van der Waals surface area (Å²) in [6, 6.07) is 5.75. The molecule has 0 aromatic heterocycles. The Labute approximate surface area is 176 Å². The second kappa shape index (κ2) is 10.5. The lowest BCUT2D eigenvalue weighted by Crippen LogP contribution is -2.60. The van der Waals surface area contributed by atoms with Crippen molar-refractivity contribution in [2.45, 2.75) is 83.4 Å². The first-order valence-corrected chi connectivity index (χ1v) is 10.1. The smallest absolute Gasteiger partial charge is 0.410 e. The molecule has 1 saturated heterocycles. The van der Waals surface area contributed by atoms with Gasteiger partial charge in [-0.25, -0.2) is 4.79 Å². The number of rotatable bonds is 7. The lowest BCUT2D eigenvalue weighted by Gasteiger charge is -2.40. The normalized spacial score (nSPS) is 27.9. The van der Waals surface area contributed by atoms with Crippen LogP contribution in [0.4, 0.5) is 4.79 Å². The van der Waals surface area contributed by atoms with Gasteiger partial charge in [-0.05, 0) is 29.9 Å². The molecule has 1 aromatic carbocycles. The summed E-state index contributed by atoms with van der Waals surface area (Å²) < 4.78 is 16.3. The molecule has 0 saturated carbocycles. The minimum absolute atomic E-state index is 0.147. The maximum absolute atomic E-state index is 12.5. The molecule has 0 radical (unpaired) electrons. The van der Waals surface area contributed by atoms with Crippen LogP contribution in [0.5, 0.6) is 5.75 Å². The molecule has 1 heterocycles. The van der Waals surface area contributed by atoms with Crippen molar-refractivity contribution in [1.29, 1.82) is 0 Å². The van der Waals surface area contributed by atoms with Crippen LogP contribution in [0.15, 0.2) is 18.2 Å². The Balaban J connectivity index is 2.05. The van der Waals surface area contributed by atoms with Crippen LogP contribution in [-0.4, -0.2) is 70.1 Å². The van der Waals surface area contributed by atoms with Crippen LogP contribution in [-0.2, 0) is 9.47 Å². The number of nitrogens with one attached hydrogen (secondary N) is 1. The van der Waals surface area contributed by atoms with E-state index < -0.39 is 49.6 Å². The number of amides is 1. The van der Waals surface area contributed by atoms with Crippen molar-refractivity contribution < 1.29 is 39.4 Å². The molecule has 1 aromatic rings. The number of hydrogen-bond donors (Lipinski definition) is 5. The molecule has 0 aliphatic carbocycles. The lowest BCUT2D eigenvalue weighted by molar-refractivity contribution is -0.311. The number of hydrogen-bond acceptors (Lipinski definition) is 8. The summed E-state index contributed by atoms with van der Waals surface area (Å²) in [7, 11) is 0. The number of para-hydroxylation sites is 1. The number of ether oxygens (including phenoxy) is 3. The number of carbonyl (C=O) groups excluding carboxylic acids is 1. The van der Waals surface area contributed by atoms with Crippen LogP contribution in [0.25, 0.3) is 0 Å². The summed E-state index contributed by atoms with van der Waals surface area (Å²) in [5.41, 5.74) is 1.80. The maximum Gasteiger partial charge on any atom is 0.414 e. The molecule has 2 rings (SSSR count). The molecule has 2 unspecified atom stereocenters. The minimum Gasteiger partial charge on any atom is -0.410 e. The standard InChI is InChI=1S/C21H33NO8/c1-10(2)13-7-6-8-14(11(3)4)19(13)30-21(27)22-12(5)28-20-18(26)17(25)16(24)15(9-23)29-20/h6-8,10-12,15-18,20,23-26H,9H2,1-5H3,(H,22,27)/t12?,15-,16-,17+,18-,20?/m1/s1. The topological polar surface area (TPSA) is 138 Å². The van der Waals surface area contributed by atoms with Gasteiger partial charge in [-0.2, -0.15) is 0 Å². The Morgan fingerprint density at radius 3 is 2.10 bits per heavy atom. The van der Waals surface area contributed by atoms with E-state index in [0.29, 0.717) is 5.75 Å². The molecule has 1 fully saturated rings. The van der Waals surface area contributed by atoms with Gasteiger partial charge in [0, 0.05) is 0 Å².